The molecule has 5 heteroatoms. The van der Waals surface area contributed by atoms with Crippen LogP contribution in [-0.4, -0.2) is 53.2 Å². The molecule has 1 aliphatic carbocycles. The van der Waals surface area contributed by atoms with Crippen LogP contribution >= 0.6 is 0 Å². The Morgan fingerprint density at radius 3 is 2.44 bits per heavy atom. The molecule has 5 nitrogen and oxygen atoms in total. The second kappa shape index (κ2) is 4.39. The number of hydrogen-bond acceptors (Lipinski definition) is 4. The SMILES string of the molecule is Cc1nn(C)c(N2CCN(C3CC3)CC2)c1C=O. The molecule has 0 unspecified atom stereocenters. The van der Waals surface area contributed by atoms with Crippen molar-refractivity contribution in [2.45, 2.75) is 25.8 Å². The summed E-state index contributed by atoms with van der Waals surface area (Å²) >= 11 is 0. The zero-order valence-electron chi connectivity index (χ0n) is 11.1. The van der Waals surface area contributed by atoms with E-state index in [1.807, 2.05) is 18.7 Å². The van der Waals surface area contributed by atoms with Crippen molar-refractivity contribution in [2.75, 3.05) is 31.1 Å². The molecule has 1 aromatic heterocycles. The average molecular weight is 248 g/mol. The summed E-state index contributed by atoms with van der Waals surface area (Å²) in [6.45, 7) is 6.10. The van der Waals surface area contributed by atoms with Crippen LogP contribution in [0, 0.1) is 6.92 Å². The summed E-state index contributed by atoms with van der Waals surface area (Å²) < 4.78 is 1.84. The van der Waals surface area contributed by atoms with E-state index in [1.165, 1.54) is 12.8 Å². The lowest BCUT2D eigenvalue weighted by Gasteiger charge is -2.36. The van der Waals surface area contributed by atoms with Crippen molar-refractivity contribution >= 4 is 12.1 Å². The largest absolute Gasteiger partial charge is 0.354 e. The molecule has 2 heterocycles. The molecule has 0 bridgehead atoms. The van der Waals surface area contributed by atoms with Gasteiger partial charge in [-0.2, -0.15) is 5.10 Å². The van der Waals surface area contributed by atoms with Crippen molar-refractivity contribution in [1.82, 2.24) is 14.7 Å². The quantitative estimate of drug-likeness (QED) is 0.743. The van der Waals surface area contributed by atoms with E-state index in [9.17, 15) is 4.79 Å². The van der Waals surface area contributed by atoms with E-state index in [1.54, 1.807) is 0 Å². The van der Waals surface area contributed by atoms with E-state index < -0.39 is 0 Å². The molecule has 1 aromatic rings. The maximum atomic E-state index is 11.2. The number of piperazine rings is 1. The van der Waals surface area contributed by atoms with Crippen LogP contribution < -0.4 is 4.90 Å². The standard InChI is InChI=1S/C13H20N4O/c1-10-12(9-18)13(15(2)14-10)17-7-5-16(6-8-17)11-3-4-11/h9,11H,3-8H2,1-2H3. The number of hydrogen-bond donors (Lipinski definition) is 0. The highest BCUT2D eigenvalue weighted by molar-refractivity contribution is 5.84. The van der Waals surface area contributed by atoms with Crippen LogP contribution in [0.25, 0.3) is 0 Å². The van der Waals surface area contributed by atoms with Gasteiger partial charge in [0, 0.05) is 39.3 Å². The fourth-order valence-electron chi connectivity index (χ4n) is 2.91. The number of carbonyl (C=O) groups excluding carboxylic acids is 1. The van der Waals surface area contributed by atoms with Gasteiger partial charge >= 0.3 is 0 Å². The van der Waals surface area contributed by atoms with Crippen molar-refractivity contribution in [1.29, 1.82) is 0 Å². The molecule has 2 aliphatic rings. The Hall–Kier alpha value is -1.36. The molecule has 0 aromatic carbocycles. The van der Waals surface area contributed by atoms with Gasteiger partial charge in [-0.1, -0.05) is 0 Å². The topological polar surface area (TPSA) is 41.4 Å². The molecule has 0 radical (unpaired) electrons. The van der Waals surface area contributed by atoms with Crippen LogP contribution in [0.5, 0.6) is 0 Å². The van der Waals surface area contributed by atoms with Gasteiger partial charge in [0.1, 0.15) is 5.82 Å². The molecule has 18 heavy (non-hydrogen) atoms. The van der Waals surface area contributed by atoms with E-state index in [0.717, 1.165) is 55.6 Å². The molecule has 1 saturated heterocycles. The Morgan fingerprint density at radius 1 is 1.22 bits per heavy atom. The van der Waals surface area contributed by atoms with E-state index in [-0.39, 0.29) is 0 Å². The predicted octanol–water partition coefficient (Wildman–Crippen LogP) is 0.825. The number of carbonyl (C=O) groups is 1. The lowest BCUT2D eigenvalue weighted by atomic mass is 10.2. The monoisotopic (exact) mass is 248 g/mol. The molecule has 0 spiro atoms. The first-order valence-electron chi connectivity index (χ1n) is 6.68. The van der Waals surface area contributed by atoms with Crippen molar-refractivity contribution in [3.63, 3.8) is 0 Å². The molecular weight excluding hydrogens is 228 g/mol. The number of aromatic nitrogens is 2. The zero-order valence-corrected chi connectivity index (χ0v) is 11.1. The maximum absolute atomic E-state index is 11.2. The molecule has 0 N–H and O–H groups in total. The molecule has 2 fully saturated rings. The lowest BCUT2D eigenvalue weighted by molar-refractivity contribution is 0.112. The molecular formula is C13H20N4O. The fourth-order valence-corrected chi connectivity index (χ4v) is 2.91. The van der Waals surface area contributed by atoms with Crippen LogP contribution in [0.2, 0.25) is 0 Å². The first kappa shape index (κ1) is 11.7. The minimum absolute atomic E-state index is 0.748. The van der Waals surface area contributed by atoms with Crippen LogP contribution in [0.1, 0.15) is 28.9 Å². The van der Waals surface area contributed by atoms with Gasteiger partial charge in [0.05, 0.1) is 11.3 Å². The van der Waals surface area contributed by atoms with Crippen LogP contribution in [0.3, 0.4) is 0 Å². The van der Waals surface area contributed by atoms with Gasteiger partial charge in [-0.15, -0.1) is 0 Å². The van der Waals surface area contributed by atoms with Gasteiger partial charge in [-0.05, 0) is 19.8 Å². The highest BCUT2D eigenvalue weighted by Gasteiger charge is 2.32. The Kier molecular flexibility index (Phi) is 2.86. The smallest absolute Gasteiger partial charge is 0.155 e. The third kappa shape index (κ3) is 1.92. The van der Waals surface area contributed by atoms with E-state index >= 15 is 0 Å². The molecule has 1 saturated carbocycles. The third-order valence-corrected chi connectivity index (χ3v) is 4.03. The Balaban J connectivity index is 1.77. The van der Waals surface area contributed by atoms with Gasteiger partial charge in [0.25, 0.3) is 0 Å². The number of aryl methyl sites for hydroxylation is 2. The van der Waals surface area contributed by atoms with Gasteiger partial charge in [0.2, 0.25) is 0 Å². The molecule has 3 rings (SSSR count). The average Bonchev–Trinajstić information content (AvgIpc) is 3.16. The molecule has 0 amide bonds. The van der Waals surface area contributed by atoms with Crippen molar-refractivity contribution in [2.24, 2.45) is 7.05 Å². The fraction of sp³-hybridized carbons (Fsp3) is 0.692. The van der Waals surface area contributed by atoms with Crippen molar-refractivity contribution in [3.8, 4) is 0 Å². The summed E-state index contributed by atoms with van der Waals surface area (Å²) in [5, 5.41) is 4.35. The number of aldehydes is 1. The minimum Gasteiger partial charge on any atom is -0.354 e. The Labute approximate surface area is 107 Å². The number of nitrogens with zero attached hydrogens (tertiary/aromatic N) is 4. The van der Waals surface area contributed by atoms with Crippen molar-refractivity contribution in [3.05, 3.63) is 11.3 Å². The van der Waals surface area contributed by atoms with Gasteiger partial charge < -0.3 is 4.90 Å². The molecule has 1 aliphatic heterocycles. The predicted molar refractivity (Wildman–Crippen MR) is 70.1 cm³/mol. The van der Waals surface area contributed by atoms with Crippen molar-refractivity contribution < 1.29 is 4.79 Å². The van der Waals surface area contributed by atoms with E-state index in [0.29, 0.717) is 0 Å². The van der Waals surface area contributed by atoms with Crippen LogP contribution in [0.4, 0.5) is 5.82 Å². The normalized spacial score (nSPS) is 21.3. The van der Waals surface area contributed by atoms with E-state index in [4.69, 9.17) is 0 Å². The lowest BCUT2D eigenvalue weighted by Crippen LogP contribution is -2.48. The summed E-state index contributed by atoms with van der Waals surface area (Å²) in [6.07, 6.45) is 3.67. The molecule has 98 valence electrons. The zero-order chi connectivity index (χ0) is 12.7. The van der Waals surface area contributed by atoms with Gasteiger partial charge in [0.15, 0.2) is 6.29 Å². The second-order valence-corrected chi connectivity index (χ2v) is 5.32. The van der Waals surface area contributed by atoms with E-state index in [2.05, 4.69) is 14.9 Å². The maximum Gasteiger partial charge on any atom is 0.155 e. The summed E-state index contributed by atoms with van der Waals surface area (Å²) in [6, 6.07) is 0.839. The van der Waals surface area contributed by atoms with Crippen LogP contribution in [0.15, 0.2) is 0 Å². The summed E-state index contributed by atoms with van der Waals surface area (Å²) in [5.41, 5.74) is 1.57. The third-order valence-electron chi connectivity index (χ3n) is 4.03. The highest BCUT2D eigenvalue weighted by Crippen LogP contribution is 2.29. The molecule has 0 atom stereocenters. The second-order valence-electron chi connectivity index (χ2n) is 5.32. The first-order chi connectivity index (χ1) is 8.70. The number of anilines is 1. The van der Waals surface area contributed by atoms with Crippen LogP contribution in [-0.2, 0) is 7.05 Å². The van der Waals surface area contributed by atoms with Gasteiger partial charge in [-0.25, -0.2) is 0 Å². The summed E-state index contributed by atoms with van der Waals surface area (Å²) in [4.78, 5) is 16.1. The Bertz CT molecular complexity index is 456. The van der Waals surface area contributed by atoms with Gasteiger partial charge in [-0.3, -0.25) is 14.4 Å². The summed E-state index contributed by atoms with van der Waals surface area (Å²) in [7, 11) is 1.92. The highest BCUT2D eigenvalue weighted by atomic mass is 16.1. The number of rotatable bonds is 3. The minimum atomic E-state index is 0.748. The summed E-state index contributed by atoms with van der Waals surface area (Å²) in [5.74, 6) is 0.984. The first-order valence-corrected chi connectivity index (χ1v) is 6.68. The Morgan fingerprint density at radius 2 is 1.89 bits per heavy atom.